The molecule has 1 aromatic carbocycles. The van der Waals surface area contributed by atoms with Crippen molar-refractivity contribution in [3.8, 4) is 0 Å². The van der Waals surface area contributed by atoms with Crippen LogP contribution >= 0.6 is 0 Å². The SMILES string of the molecule is CCC1CCc2ccccc2N1C(=O)CC(C)=O. The summed E-state index contributed by atoms with van der Waals surface area (Å²) in [5, 5.41) is 0. The first-order valence-corrected chi connectivity index (χ1v) is 6.53. The molecular formula is C15H19NO2. The predicted molar refractivity (Wildman–Crippen MR) is 71.6 cm³/mol. The summed E-state index contributed by atoms with van der Waals surface area (Å²) in [4.78, 5) is 25.2. The van der Waals surface area contributed by atoms with E-state index in [0.29, 0.717) is 0 Å². The molecule has 0 saturated carbocycles. The zero-order valence-corrected chi connectivity index (χ0v) is 11.0. The van der Waals surface area contributed by atoms with E-state index in [9.17, 15) is 9.59 Å². The molecule has 1 heterocycles. The van der Waals surface area contributed by atoms with Gasteiger partial charge in [0.05, 0.1) is 6.42 Å². The Morgan fingerprint density at radius 2 is 2.06 bits per heavy atom. The Labute approximate surface area is 108 Å². The van der Waals surface area contributed by atoms with E-state index in [2.05, 4.69) is 13.0 Å². The Morgan fingerprint density at radius 1 is 1.33 bits per heavy atom. The number of nitrogens with zero attached hydrogens (tertiary/aromatic N) is 1. The maximum atomic E-state index is 12.2. The first kappa shape index (κ1) is 12.8. The van der Waals surface area contributed by atoms with E-state index in [1.54, 1.807) is 0 Å². The van der Waals surface area contributed by atoms with Crippen LogP contribution < -0.4 is 4.90 Å². The number of Topliss-reactive ketones (excluding diaryl/α,β-unsaturated/α-hetero) is 1. The molecule has 0 aromatic heterocycles. The second kappa shape index (κ2) is 5.34. The molecule has 1 aliphatic rings. The number of carbonyl (C=O) groups is 2. The van der Waals surface area contributed by atoms with Crippen LogP contribution in [0.2, 0.25) is 0 Å². The number of aryl methyl sites for hydroxylation is 1. The van der Waals surface area contributed by atoms with Gasteiger partial charge in [-0.1, -0.05) is 25.1 Å². The molecule has 0 saturated heterocycles. The van der Waals surface area contributed by atoms with Gasteiger partial charge in [-0.3, -0.25) is 9.59 Å². The third kappa shape index (κ3) is 2.45. The van der Waals surface area contributed by atoms with Gasteiger partial charge in [0.15, 0.2) is 0 Å². The second-order valence-electron chi connectivity index (χ2n) is 4.87. The van der Waals surface area contributed by atoms with Gasteiger partial charge >= 0.3 is 0 Å². The van der Waals surface area contributed by atoms with Crippen LogP contribution in [0.4, 0.5) is 5.69 Å². The molecule has 0 N–H and O–H groups in total. The zero-order valence-electron chi connectivity index (χ0n) is 11.0. The molecule has 0 radical (unpaired) electrons. The lowest BCUT2D eigenvalue weighted by Crippen LogP contribution is -2.44. The fraction of sp³-hybridized carbons (Fsp3) is 0.467. The summed E-state index contributed by atoms with van der Waals surface area (Å²) in [6.07, 6.45) is 2.93. The van der Waals surface area contributed by atoms with Crippen molar-refractivity contribution in [2.75, 3.05) is 4.90 Å². The van der Waals surface area contributed by atoms with Crippen molar-refractivity contribution < 1.29 is 9.59 Å². The van der Waals surface area contributed by atoms with Gasteiger partial charge in [-0.2, -0.15) is 0 Å². The average Bonchev–Trinajstić information content (AvgIpc) is 2.36. The molecule has 2 rings (SSSR count). The maximum Gasteiger partial charge on any atom is 0.234 e. The smallest absolute Gasteiger partial charge is 0.234 e. The Hall–Kier alpha value is -1.64. The molecule has 0 fully saturated rings. The van der Waals surface area contributed by atoms with Gasteiger partial charge < -0.3 is 4.90 Å². The molecule has 3 nitrogen and oxygen atoms in total. The quantitative estimate of drug-likeness (QED) is 0.768. The van der Waals surface area contributed by atoms with Gasteiger partial charge in [0.25, 0.3) is 0 Å². The molecule has 96 valence electrons. The van der Waals surface area contributed by atoms with E-state index in [1.165, 1.54) is 12.5 Å². The number of carbonyl (C=O) groups excluding carboxylic acids is 2. The van der Waals surface area contributed by atoms with Gasteiger partial charge in [-0.15, -0.1) is 0 Å². The van der Waals surface area contributed by atoms with E-state index < -0.39 is 0 Å². The first-order valence-electron chi connectivity index (χ1n) is 6.53. The van der Waals surface area contributed by atoms with Gasteiger partial charge in [0.1, 0.15) is 5.78 Å². The third-order valence-electron chi connectivity index (χ3n) is 3.50. The van der Waals surface area contributed by atoms with Crippen molar-refractivity contribution in [3.63, 3.8) is 0 Å². The maximum absolute atomic E-state index is 12.2. The molecule has 18 heavy (non-hydrogen) atoms. The lowest BCUT2D eigenvalue weighted by Gasteiger charge is -2.36. The van der Waals surface area contributed by atoms with Gasteiger partial charge in [0.2, 0.25) is 5.91 Å². The van der Waals surface area contributed by atoms with Crippen molar-refractivity contribution in [1.82, 2.24) is 0 Å². The summed E-state index contributed by atoms with van der Waals surface area (Å²) in [7, 11) is 0. The fourth-order valence-electron chi connectivity index (χ4n) is 2.63. The Bertz CT molecular complexity index is 467. The summed E-state index contributed by atoms with van der Waals surface area (Å²) in [5.74, 6) is -0.139. The summed E-state index contributed by atoms with van der Waals surface area (Å²) >= 11 is 0. The molecule has 0 bridgehead atoms. The Balaban J connectivity index is 2.34. The van der Waals surface area contributed by atoms with Gasteiger partial charge in [0, 0.05) is 11.7 Å². The largest absolute Gasteiger partial charge is 0.309 e. The van der Waals surface area contributed by atoms with E-state index in [4.69, 9.17) is 0 Å². The average molecular weight is 245 g/mol. The number of para-hydroxylation sites is 1. The number of rotatable bonds is 3. The molecule has 1 unspecified atom stereocenters. The molecule has 1 aliphatic heterocycles. The van der Waals surface area contributed by atoms with Crippen molar-refractivity contribution in [2.24, 2.45) is 0 Å². The lowest BCUT2D eigenvalue weighted by atomic mass is 9.94. The molecule has 0 aliphatic carbocycles. The summed E-state index contributed by atoms with van der Waals surface area (Å²) < 4.78 is 0. The monoisotopic (exact) mass is 245 g/mol. The number of anilines is 1. The number of hydrogen-bond acceptors (Lipinski definition) is 2. The number of amides is 1. The summed E-state index contributed by atoms with van der Waals surface area (Å²) in [5.41, 5.74) is 2.20. The minimum Gasteiger partial charge on any atom is -0.309 e. The van der Waals surface area contributed by atoms with Crippen LogP contribution in [0.5, 0.6) is 0 Å². The van der Waals surface area contributed by atoms with Crippen LogP contribution in [0.1, 0.15) is 38.7 Å². The number of ketones is 1. The third-order valence-corrected chi connectivity index (χ3v) is 3.50. The highest BCUT2D eigenvalue weighted by molar-refractivity contribution is 6.05. The van der Waals surface area contributed by atoms with Crippen LogP contribution in [0, 0.1) is 0 Å². The topological polar surface area (TPSA) is 37.4 Å². The molecular weight excluding hydrogens is 226 g/mol. The van der Waals surface area contributed by atoms with Crippen LogP contribution in [0.15, 0.2) is 24.3 Å². The second-order valence-corrected chi connectivity index (χ2v) is 4.87. The van der Waals surface area contributed by atoms with Crippen LogP contribution in [-0.4, -0.2) is 17.7 Å². The molecule has 3 heteroatoms. The minimum atomic E-state index is -0.0714. The van der Waals surface area contributed by atoms with E-state index in [-0.39, 0.29) is 24.2 Å². The van der Waals surface area contributed by atoms with Crippen molar-refractivity contribution in [1.29, 1.82) is 0 Å². The Kier molecular flexibility index (Phi) is 3.80. The highest BCUT2D eigenvalue weighted by Crippen LogP contribution is 2.32. The van der Waals surface area contributed by atoms with Crippen molar-refractivity contribution >= 4 is 17.4 Å². The summed E-state index contributed by atoms with van der Waals surface area (Å²) in [6.45, 7) is 3.56. The summed E-state index contributed by atoms with van der Waals surface area (Å²) in [6, 6.07) is 8.22. The molecule has 1 amide bonds. The number of hydrogen-bond donors (Lipinski definition) is 0. The molecule has 0 spiro atoms. The lowest BCUT2D eigenvalue weighted by molar-refractivity contribution is -0.125. The van der Waals surface area contributed by atoms with Gasteiger partial charge in [-0.25, -0.2) is 0 Å². The highest BCUT2D eigenvalue weighted by Gasteiger charge is 2.29. The normalized spacial score (nSPS) is 18.3. The standard InChI is InChI=1S/C15H19NO2/c1-3-13-9-8-12-6-4-5-7-14(12)16(13)15(18)10-11(2)17/h4-7,13H,3,8-10H2,1-2H3. The van der Waals surface area contributed by atoms with Gasteiger partial charge in [-0.05, 0) is 37.8 Å². The van der Waals surface area contributed by atoms with E-state index in [1.807, 2.05) is 23.1 Å². The number of fused-ring (bicyclic) bond motifs is 1. The Morgan fingerprint density at radius 3 is 2.72 bits per heavy atom. The van der Waals surface area contributed by atoms with Crippen LogP contribution in [0.25, 0.3) is 0 Å². The van der Waals surface area contributed by atoms with Crippen molar-refractivity contribution in [2.45, 2.75) is 45.6 Å². The zero-order chi connectivity index (χ0) is 13.1. The van der Waals surface area contributed by atoms with Crippen LogP contribution in [0.3, 0.4) is 0 Å². The van der Waals surface area contributed by atoms with E-state index >= 15 is 0 Å². The predicted octanol–water partition coefficient (Wildman–Crippen LogP) is 2.72. The molecule has 1 aromatic rings. The highest BCUT2D eigenvalue weighted by atomic mass is 16.2. The van der Waals surface area contributed by atoms with Crippen molar-refractivity contribution in [3.05, 3.63) is 29.8 Å². The number of benzene rings is 1. The minimum absolute atomic E-state index is 0.00480. The molecule has 1 atom stereocenters. The first-order chi connectivity index (χ1) is 8.63. The van der Waals surface area contributed by atoms with E-state index in [0.717, 1.165) is 24.9 Å². The fourth-order valence-corrected chi connectivity index (χ4v) is 2.63. The van der Waals surface area contributed by atoms with Crippen LogP contribution in [-0.2, 0) is 16.0 Å².